The van der Waals surface area contributed by atoms with E-state index in [2.05, 4.69) is 0 Å². The van der Waals surface area contributed by atoms with Crippen LogP contribution in [-0.2, 0) is 11.2 Å². The molecule has 94 valence electrons. The van der Waals surface area contributed by atoms with Gasteiger partial charge in [-0.1, -0.05) is 18.2 Å². The minimum Gasteiger partial charge on any atom is -0.447 e. The maximum Gasteiger partial charge on any atom is 0.410 e. The highest BCUT2D eigenvalue weighted by molar-refractivity contribution is 5.96. The van der Waals surface area contributed by atoms with E-state index in [1.165, 1.54) is 0 Å². The number of ether oxygens (including phenoxy) is 1. The molecule has 3 rings (SSSR count). The molecule has 4 nitrogen and oxygen atoms in total. The predicted octanol–water partition coefficient (Wildman–Crippen LogP) is 2.33. The van der Waals surface area contributed by atoms with Gasteiger partial charge in [-0.05, 0) is 31.4 Å². The molecule has 0 bridgehead atoms. The van der Waals surface area contributed by atoms with E-state index in [0.29, 0.717) is 13.0 Å². The van der Waals surface area contributed by atoms with E-state index < -0.39 is 0 Å². The van der Waals surface area contributed by atoms with Crippen LogP contribution < -0.4 is 0 Å². The Hall–Kier alpha value is -1.84. The standard InChI is InChI=1S/C14H15NO3/c1-8-11-4-3-5-12(9(2)16)13(11)6-10-7-18-14(17)15(8)10/h3-5,8,10H,6-7H2,1-2H3/t8?,10-/m1/s1. The first-order valence-electron chi connectivity index (χ1n) is 6.17. The monoisotopic (exact) mass is 245 g/mol. The molecule has 0 aromatic heterocycles. The molecule has 2 aliphatic rings. The van der Waals surface area contributed by atoms with E-state index in [-0.39, 0.29) is 24.0 Å². The van der Waals surface area contributed by atoms with Crippen molar-refractivity contribution in [3.63, 3.8) is 0 Å². The highest BCUT2D eigenvalue weighted by Crippen LogP contribution is 2.37. The fourth-order valence-electron chi connectivity index (χ4n) is 3.04. The minimum absolute atomic E-state index is 0.0203. The number of carbonyl (C=O) groups excluding carboxylic acids is 2. The molecule has 18 heavy (non-hydrogen) atoms. The zero-order valence-corrected chi connectivity index (χ0v) is 10.5. The molecule has 2 atom stereocenters. The van der Waals surface area contributed by atoms with Gasteiger partial charge in [0.1, 0.15) is 6.61 Å². The third-order valence-corrected chi connectivity index (χ3v) is 3.90. The molecule has 1 saturated heterocycles. The predicted molar refractivity (Wildman–Crippen MR) is 65.5 cm³/mol. The SMILES string of the molecule is CC(=O)c1cccc2c1C[C@@H]1COC(=O)N1C2C. The third-order valence-electron chi connectivity index (χ3n) is 3.90. The van der Waals surface area contributed by atoms with Crippen LogP contribution in [0, 0.1) is 0 Å². The zero-order chi connectivity index (χ0) is 12.9. The van der Waals surface area contributed by atoms with Crippen molar-refractivity contribution in [3.05, 3.63) is 34.9 Å². The van der Waals surface area contributed by atoms with Gasteiger partial charge in [-0.3, -0.25) is 9.69 Å². The largest absolute Gasteiger partial charge is 0.447 e. The van der Waals surface area contributed by atoms with Gasteiger partial charge in [-0.2, -0.15) is 0 Å². The minimum atomic E-state index is -0.244. The van der Waals surface area contributed by atoms with E-state index >= 15 is 0 Å². The molecule has 0 spiro atoms. The highest BCUT2D eigenvalue weighted by Gasteiger charge is 2.41. The van der Waals surface area contributed by atoms with E-state index in [1.807, 2.05) is 25.1 Å². The fourth-order valence-corrected chi connectivity index (χ4v) is 3.04. The second kappa shape index (κ2) is 3.83. The van der Waals surface area contributed by atoms with Gasteiger partial charge in [0.05, 0.1) is 12.1 Å². The number of amides is 1. The van der Waals surface area contributed by atoms with Crippen molar-refractivity contribution >= 4 is 11.9 Å². The van der Waals surface area contributed by atoms with Gasteiger partial charge in [0.15, 0.2) is 5.78 Å². The summed E-state index contributed by atoms with van der Waals surface area (Å²) >= 11 is 0. The summed E-state index contributed by atoms with van der Waals surface area (Å²) < 4.78 is 5.10. The number of nitrogens with zero attached hydrogens (tertiary/aromatic N) is 1. The van der Waals surface area contributed by atoms with Gasteiger partial charge in [0.2, 0.25) is 0 Å². The molecule has 1 fully saturated rings. The molecule has 4 heteroatoms. The number of rotatable bonds is 1. The lowest BCUT2D eigenvalue weighted by Gasteiger charge is -2.35. The Kier molecular flexibility index (Phi) is 2.40. The Morgan fingerprint density at radius 1 is 1.44 bits per heavy atom. The van der Waals surface area contributed by atoms with Crippen molar-refractivity contribution in [2.75, 3.05) is 6.61 Å². The number of benzene rings is 1. The Morgan fingerprint density at radius 2 is 2.22 bits per heavy atom. The lowest BCUT2D eigenvalue weighted by molar-refractivity contribution is 0.101. The van der Waals surface area contributed by atoms with Gasteiger partial charge < -0.3 is 4.74 Å². The number of ketones is 1. The summed E-state index contributed by atoms with van der Waals surface area (Å²) in [6.07, 6.45) is 0.465. The van der Waals surface area contributed by atoms with E-state index in [9.17, 15) is 9.59 Å². The molecule has 2 aliphatic heterocycles. The van der Waals surface area contributed by atoms with Crippen molar-refractivity contribution in [1.82, 2.24) is 4.90 Å². The number of cyclic esters (lactones) is 1. The van der Waals surface area contributed by atoms with E-state index in [1.54, 1.807) is 11.8 Å². The number of hydrogen-bond donors (Lipinski definition) is 0. The quantitative estimate of drug-likeness (QED) is 0.713. The van der Waals surface area contributed by atoms with Crippen LogP contribution in [0.3, 0.4) is 0 Å². The molecule has 0 radical (unpaired) electrons. The lowest BCUT2D eigenvalue weighted by Crippen LogP contribution is -2.41. The zero-order valence-electron chi connectivity index (χ0n) is 10.5. The Labute approximate surface area is 106 Å². The topological polar surface area (TPSA) is 46.6 Å². The first-order valence-corrected chi connectivity index (χ1v) is 6.17. The summed E-state index contributed by atoms with van der Waals surface area (Å²) in [5, 5.41) is 0. The Morgan fingerprint density at radius 3 is 2.94 bits per heavy atom. The van der Waals surface area contributed by atoms with Gasteiger partial charge in [-0.15, -0.1) is 0 Å². The Balaban J connectivity index is 2.12. The molecular formula is C14H15NO3. The molecule has 0 saturated carbocycles. The number of Topliss-reactive ketones (excluding diaryl/α,β-unsaturated/α-hetero) is 1. The van der Waals surface area contributed by atoms with Crippen LogP contribution in [0.2, 0.25) is 0 Å². The second-order valence-corrected chi connectivity index (χ2v) is 4.95. The van der Waals surface area contributed by atoms with Crippen molar-refractivity contribution in [3.8, 4) is 0 Å². The average molecular weight is 245 g/mol. The molecule has 1 unspecified atom stereocenters. The normalized spacial score (nSPS) is 25.4. The lowest BCUT2D eigenvalue weighted by atomic mass is 9.85. The Bertz CT molecular complexity index is 538. The maximum atomic E-state index is 11.7. The van der Waals surface area contributed by atoms with Crippen LogP contribution >= 0.6 is 0 Å². The highest BCUT2D eigenvalue weighted by atomic mass is 16.6. The van der Waals surface area contributed by atoms with E-state index in [0.717, 1.165) is 16.7 Å². The number of hydrogen-bond acceptors (Lipinski definition) is 3. The van der Waals surface area contributed by atoms with Crippen LogP contribution in [0.4, 0.5) is 4.79 Å². The van der Waals surface area contributed by atoms with E-state index in [4.69, 9.17) is 4.74 Å². The van der Waals surface area contributed by atoms with Gasteiger partial charge in [0.25, 0.3) is 0 Å². The van der Waals surface area contributed by atoms with Crippen LogP contribution in [0.15, 0.2) is 18.2 Å². The van der Waals surface area contributed by atoms with Gasteiger partial charge in [-0.25, -0.2) is 4.79 Å². The first-order chi connectivity index (χ1) is 8.59. The van der Waals surface area contributed by atoms with Gasteiger partial charge in [0, 0.05) is 5.56 Å². The van der Waals surface area contributed by atoms with Crippen LogP contribution in [0.1, 0.15) is 41.4 Å². The summed E-state index contributed by atoms with van der Waals surface area (Å²) in [6.45, 7) is 4.00. The van der Waals surface area contributed by atoms with Crippen LogP contribution in [0.25, 0.3) is 0 Å². The molecule has 1 aromatic rings. The summed E-state index contributed by atoms with van der Waals surface area (Å²) in [5.74, 6) is 0.0812. The fraction of sp³-hybridized carbons (Fsp3) is 0.429. The van der Waals surface area contributed by atoms with Crippen molar-refractivity contribution in [2.24, 2.45) is 0 Å². The summed E-state index contributed by atoms with van der Waals surface area (Å²) in [7, 11) is 0. The molecule has 0 aliphatic carbocycles. The van der Waals surface area contributed by atoms with Crippen LogP contribution in [0.5, 0.6) is 0 Å². The molecular weight excluding hydrogens is 230 g/mol. The van der Waals surface area contributed by atoms with Gasteiger partial charge >= 0.3 is 6.09 Å². The van der Waals surface area contributed by atoms with Crippen LogP contribution in [-0.4, -0.2) is 29.4 Å². The van der Waals surface area contributed by atoms with Crippen molar-refractivity contribution in [1.29, 1.82) is 0 Å². The summed E-state index contributed by atoms with van der Waals surface area (Å²) in [4.78, 5) is 25.1. The van der Waals surface area contributed by atoms with Crippen molar-refractivity contribution < 1.29 is 14.3 Å². The van der Waals surface area contributed by atoms with Crippen molar-refractivity contribution in [2.45, 2.75) is 32.4 Å². The molecule has 1 amide bonds. The average Bonchev–Trinajstić information content (AvgIpc) is 2.70. The summed E-state index contributed by atoms with van der Waals surface area (Å²) in [6, 6.07) is 5.79. The number of carbonyl (C=O) groups is 2. The molecule has 0 N–H and O–H groups in total. The smallest absolute Gasteiger partial charge is 0.410 e. The number of fused-ring (bicyclic) bond motifs is 2. The first kappa shape index (κ1) is 11.3. The second-order valence-electron chi connectivity index (χ2n) is 4.95. The molecule has 2 heterocycles. The molecule has 1 aromatic carbocycles. The third kappa shape index (κ3) is 1.45. The summed E-state index contributed by atoms with van der Waals surface area (Å²) in [5.41, 5.74) is 2.92. The maximum absolute atomic E-state index is 11.7.